The summed E-state index contributed by atoms with van der Waals surface area (Å²) < 4.78 is 1.04. The van der Waals surface area contributed by atoms with Crippen molar-refractivity contribution in [2.45, 2.75) is 6.42 Å². The fourth-order valence-electron chi connectivity index (χ4n) is 1.91. The third-order valence-corrected chi connectivity index (χ3v) is 4.38. The molecule has 1 aromatic rings. The molecule has 1 fully saturated rings. The van der Waals surface area contributed by atoms with Crippen molar-refractivity contribution in [1.82, 2.24) is 9.80 Å². The second-order valence-corrected chi connectivity index (χ2v) is 6.47. The van der Waals surface area contributed by atoms with Gasteiger partial charge in [-0.25, -0.2) is 0 Å². The van der Waals surface area contributed by atoms with Gasteiger partial charge in [0, 0.05) is 19.6 Å². The molecule has 2 heterocycles. The van der Waals surface area contributed by atoms with Gasteiger partial charge in [0.2, 0.25) is 0 Å². The largest absolute Gasteiger partial charge is 0.337 e. The lowest BCUT2D eigenvalue weighted by Crippen LogP contribution is -2.34. The van der Waals surface area contributed by atoms with E-state index in [4.69, 9.17) is 23.2 Å². The second-order valence-electron chi connectivity index (χ2n) is 4.19. The number of hydrogen-bond acceptors (Lipinski definition) is 3. The first-order valence-corrected chi connectivity index (χ1v) is 7.08. The third kappa shape index (κ3) is 3.13. The Bertz CT molecular complexity index is 422. The van der Waals surface area contributed by atoms with Crippen molar-refractivity contribution in [2.75, 3.05) is 33.2 Å². The van der Waals surface area contributed by atoms with E-state index in [9.17, 15) is 4.79 Å². The van der Waals surface area contributed by atoms with Gasteiger partial charge in [0.05, 0.1) is 9.90 Å². The van der Waals surface area contributed by atoms with E-state index in [1.54, 1.807) is 6.07 Å². The van der Waals surface area contributed by atoms with E-state index in [-0.39, 0.29) is 5.91 Å². The van der Waals surface area contributed by atoms with E-state index in [1.807, 2.05) is 4.90 Å². The third-order valence-electron chi connectivity index (χ3n) is 2.89. The summed E-state index contributed by atoms with van der Waals surface area (Å²) in [4.78, 5) is 16.4. The minimum absolute atomic E-state index is 0.00606. The number of rotatable bonds is 1. The lowest BCUT2D eigenvalue weighted by atomic mass is 10.3. The molecule has 6 heteroatoms. The summed E-state index contributed by atoms with van der Waals surface area (Å²) >= 11 is 13.1. The van der Waals surface area contributed by atoms with Crippen LogP contribution >= 0.6 is 34.5 Å². The highest BCUT2D eigenvalue weighted by Gasteiger charge is 2.22. The lowest BCUT2D eigenvalue weighted by molar-refractivity contribution is 0.0763. The molecule has 1 aromatic heterocycles. The Morgan fingerprint density at radius 3 is 2.71 bits per heavy atom. The van der Waals surface area contributed by atoms with Crippen LogP contribution in [0.4, 0.5) is 0 Å². The zero-order valence-electron chi connectivity index (χ0n) is 9.58. The maximum Gasteiger partial charge on any atom is 0.256 e. The molecule has 0 aromatic carbocycles. The summed E-state index contributed by atoms with van der Waals surface area (Å²) in [5.74, 6) is -0.00606. The Morgan fingerprint density at radius 2 is 2.06 bits per heavy atom. The van der Waals surface area contributed by atoms with Crippen LogP contribution in [0.3, 0.4) is 0 Å². The first kappa shape index (κ1) is 13.1. The first-order valence-electron chi connectivity index (χ1n) is 5.50. The highest BCUT2D eigenvalue weighted by molar-refractivity contribution is 7.20. The van der Waals surface area contributed by atoms with E-state index in [0.29, 0.717) is 14.2 Å². The molecule has 2 rings (SSSR count). The first-order chi connectivity index (χ1) is 8.08. The van der Waals surface area contributed by atoms with E-state index in [0.717, 1.165) is 32.6 Å². The maximum atomic E-state index is 12.3. The monoisotopic (exact) mass is 292 g/mol. The van der Waals surface area contributed by atoms with Crippen LogP contribution in [-0.4, -0.2) is 48.9 Å². The molecule has 17 heavy (non-hydrogen) atoms. The molecule has 0 bridgehead atoms. The van der Waals surface area contributed by atoms with Gasteiger partial charge in [0.1, 0.15) is 4.34 Å². The summed E-state index contributed by atoms with van der Waals surface area (Å²) in [7, 11) is 2.07. The number of carbonyl (C=O) groups excluding carboxylic acids is 1. The summed E-state index contributed by atoms with van der Waals surface area (Å²) in [6.45, 7) is 3.47. The van der Waals surface area contributed by atoms with Crippen LogP contribution in [0.25, 0.3) is 0 Å². The molecule has 0 aliphatic carbocycles. The van der Waals surface area contributed by atoms with Crippen molar-refractivity contribution in [1.29, 1.82) is 0 Å². The van der Waals surface area contributed by atoms with Gasteiger partial charge in [0.15, 0.2) is 0 Å². The fraction of sp³-hybridized carbons (Fsp3) is 0.545. The van der Waals surface area contributed by atoms with E-state index in [1.165, 1.54) is 11.3 Å². The fourth-order valence-corrected chi connectivity index (χ4v) is 3.35. The molecule has 94 valence electrons. The zero-order valence-corrected chi connectivity index (χ0v) is 11.9. The van der Waals surface area contributed by atoms with Crippen molar-refractivity contribution in [2.24, 2.45) is 0 Å². The van der Waals surface area contributed by atoms with Crippen LogP contribution in [-0.2, 0) is 0 Å². The highest BCUT2D eigenvalue weighted by atomic mass is 35.5. The Hall–Kier alpha value is -0.290. The van der Waals surface area contributed by atoms with Crippen molar-refractivity contribution in [3.63, 3.8) is 0 Å². The topological polar surface area (TPSA) is 23.6 Å². The summed E-state index contributed by atoms with van der Waals surface area (Å²) in [5.41, 5.74) is 0.534. The van der Waals surface area contributed by atoms with Gasteiger partial charge in [-0.2, -0.15) is 0 Å². The molecule has 0 spiro atoms. The van der Waals surface area contributed by atoms with E-state index in [2.05, 4.69) is 11.9 Å². The summed E-state index contributed by atoms with van der Waals surface area (Å²) in [6, 6.07) is 1.66. The van der Waals surface area contributed by atoms with Crippen LogP contribution in [0.2, 0.25) is 8.67 Å². The van der Waals surface area contributed by atoms with E-state index >= 15 is 0 Å². The number of hydrogen-bond donors (Lipinski definition) is 0. The number of likely N-dealkylation sites (N-methyl/N-ethyl adjacent to an activating group) is 1. The van der Waals surface area contributed by atoms with Crippen molar-refractivity contribution < 1.29 is 4.79 Å². The molecule has 1 saturated heterocycles. The number of amides is 1. The smallest absolute Gasteiger partial charge is 0.256 e. The average Bonchev–Trinajstić information content (AvgIpc) is 2.49. The minimum Gasteiger partial charge on any atom is -0.337 e. The number of nitrogens with zero attached hydrogens (tertiary/aromatic N) is 2. The number of carbonyl (C=O) groups is 1. The lowest BCUT2D eigenvalue weighted by Gasteiger charge is -2.20. The summed E-state index contributed by atoms with van der Waals surface area (Å²) in [6.07, 6.45) is 0.998. The van der Waals surface area contributed by atoms with Crippen LogP contribution in [0.5, 0.6) is 0 Å². The van der Waals surface area contributed by atoms with Crippen molar-refractivity contribution >= 4 is 40.4 Å². The molecule has 0 radical (unpaired) electrons. The van der Waals surface area contributed by atoms with Gasteiger partial charge in [-0.05, 0) is 26.1 Å². The van der Waals surface area contributed by atoms with Gasteiger partial charge >= 0.3 is 0 Å². The van der Waals surface area contributed by atoms with Gasteiger partial charge in [-0.3, -0.25) is 4.79 Å². The molecule has 0 N–H and O–H groups in total. The quantitative estimate of drug-likeness (QED) is 0.795. The SMILES string of the molecule is CN1CCCN(C(=O)c2cc(Cl)sc2Cl)CC1. The van der Waals surface area contributed by atoms with Crippen LogP contribution in [0.15, 0.2) is 6.07 Å². The molecule has 1 aliphatic heterocycles. The Balaban J connectivity index is 2.11. The number of halogens is 2. The van der Waals surface area contributed by atoms with Crippen molar-refractivity contribution in [3.05, 3.63) is 20.3 Å². The Kier molecular flexibility index (Phi) is 4.31. The van der Waals surface area contributed by atoms with Crippen LogP contribution < -0.4 is 0 Å². The van der Waals surface area contributed by atoms with Crippen LogP contribution in [0, 0.1) is 0 Å². The van der Waals surface area contributed by atoms with Gasteiger partial charge in [-0.1, -0.05) is 23.2 Å². The molecular formula is C11H14Cl2N2OS. The summed E-state index contributed by atoms with van der Waals surface area (Å²) in [5, 5.41) is 0. The molecule has 0 saturated carbocycles. The molecule has 0 unspecified atom stereocenters. The standard InChI is InChI=1S/C11H14Cl2N2OS/c1-14-3-2-4-15(6-5-14)11(16)8-7-9(12)17-10(8)13/h7H,2-6H2,1H3. The Morgan fingerprint density at radius 1 is 1.29 bits per heavy atom. The second kappa shape index (κ2) is 5.57. The molecule has 1 aliphatic rings. The molecular weight excluding hydrogens is 279 g/mol. The van der Waals surface area contributed by atoms with Gasteiger partial charge < -0.3 is 9.80 Å². The normalized spacial score (nSPS) is 18.2. The number of thiophene rings is 1. The predicted octanol–water partition coefficient (Wildman–Crippen LogP) is 2.83. The van der Waals surface area contributed by atoms with E-state index < -0.39 is 0 Å². The van der Waals surface area contributed by atoms with Crippen LogP contribution in [0.1, 0.15) is 16.8 Å². The van der Waals surface area contributed by atoms with Gasteiger partial charge in [0.25, 0.3) is 5.91 Å². The predicted molar refractivity (Wildman–Crippen MR) is 72.4 cm³/mol. The average molecular weight is 293 g/mol. The Labute approximate surface area is 115 Å². The molecule has 1 amide bonds. The van der Waals surface area contributed by atoms with Gasteiger partial charge in [-0.15, -0.1) is 11.3 Å². The van der Waals surface area contributed by atoms with Crippen molar-refractivity contribution in [3.8, 4) is 0 Å². The zero-order chi connectivity index (χ0) is 12.4. The molecule has 3 nitrogen and oxygen atoms in total. The molecule has 0 atom stereocenters. The maximum absolute atomic E-state index is 12.3. The highest BCUT2D eigenvalue weighted by Crippen LogP contribution is 2.32. The minimum atomic E-state index is -0.00606.